The molecule has 2 rings (SSSR count). The second-order valence-corrected chi connectivity index (χ2v) is 4.59. The molecule has 1 aliphatic heterocycles. The number of aliphatic hydroxyl groups excluding tert-OH is 2. The molecule has 7 nitrogen and oxygen atoms in total. The van der Waals surface area contributed by atoms with E-state index in [2.05, 4.69) is 4.74 Å². The molecule has 1 unspecified atom stereocenters. The van der Waals surface area contributed by atoms with E-state index in [1.807, 2.05) is 6.07 Å². The Morgan fingerprint density at radius 2 is 2.00 bits per heavy atom. The van der Waals surface area contributed by atoms with Crippen LogP contribution >= 0.6 is 0 Å². The lowest BCUT2D eigenvalue weighted by Crippen LogP contribution is -2.41. The SMILES string of the molecule is O=C(C=Cc1ccccc1)OC1C(=O)C(=O)O[C@@H]1[C@@H](O)CO. The minimum Gasteiger partial charge on any atom is -0.449 e. The molecule has 0 aliphatic carbocycles. The smallest absolute Gasteiger partial charge is 0.379 e. The van der Waals surface area contributed by atoms with Crippen molar-refractivity contribution in [3.63, 3.8) is 0 Å². The van der Waals surface area contributed by atoms with Crippen molar-refractivity contribution >= 4 is 23.8 Å². The fourth-order valence-electron chi connectivity index (χ4n) is 1.91. The highest BCUT2D eigenvalue weighted by Gasteiger charge is 2.49. The highest BCUT2D eigenvalue weighted by Crippen LogP contribution is 2.19. The number of hydrogen-bond acceptors (Lipinski definition) is 7. The fourth-order valence-corrected chi connectivity index (χ4v) is 1.91. The van der Waals surface area contributed by atoms with Gasteiger partial charge in [0.05, 0.1) is 6.61 Å². The summed E-state index contributed by atoms with van der Waals surface area (Å²) in [4.78, 5) is 34.5. The molecule has 0 radical (unpaired) electrons. The zero-order valence-corrected chi connectivity index (χ0v) is 11.4. The van der Waals surface area contributed by atoms with Gasteiger partial charge in [-0.3, -0.25) is 4.79 Å². The first-order valence-corrected chi connectivity index (χ1v) is 6.50. The van der Waals surface area contributed by atoms with Gasteiger partial charge in [-0.15, -0.1) is 0 Å². The van der Waals surface area contributed by atoms with Crippen molar-refractivity contribution in [1.29, 1.82) is 0 Å². The lowest BCUT2D eigenvalue weighted by atomic mass is 10.1. The average Bonchev–Trinajstić information content (AvgIpc) is 2.81. The Morgan fingerprint density at radius 1 is 1.32 bits per heavy atom. The third-order valence-corrected chi connectivity index (χ3v) is 3.02. The van der Waals surface area contributed by atoms with Crippen LogP contribution in [0.1, 0.15) is 5.56 Å². The number of Topliss-reactive ketones (excluding diaryl/α,β-unsaturated/α-hetero) is 1. The van der Waals surface area contributed by atoms with Crippen molar-refractivity contribution in [1.82, 2.24) is 0 Å². The van der Waals surface area contributed by atoms with E-state index < -0.39 is 42.6 Å². The van der Waals surface area contributed by atoms with E-state index >= 15 is 0 Å². The van der Waals surface area contributed by atoms with E-state index in [0.717, 1.165) is 11.6 Å². The first-order chi connectivity index (χ1) is 10.5. The normalized spacial score (nSPS) is 22.6. The molecule has 1 heterocycles. The van der Waals surface area contributed by atoms with Gasteiger partial charge in [0.2, 0.25) is 6.10 Å². The third-order valence-electron chi connectivity index (χ3n) is 3.02. The first-order valence-electron chi connectivity index (χ1n) is 6.50. The molecule has 0 spiro atoms. The second-order valence-electron chi connectivity index (χ2n) is 4.59. The fraction of sp³-hybridized carbons (Fsp3) is 0.267. The zero-order chi connectivity index (χ0) is 16.1. The number of esters is 2. The summed E-state index contributed by atoms with van der Waals surface area (Å²) in [7, 11) is 0. The lowest BCUT2D eigenvalue weighted by Gasteiger charge is -2.19. The predicted molar refractivity (Wildman–Crippen MR) is 73.3 cm³/mol. The Bertz CT molecular complexity index is 593. The van der Waals surface area contributed by atoms with Crippen LogP contribution in [-0.2, 0) is 23.9 Å². The van der Waals surface area contributed by atoms with Gasteiger partial charge in [-0.05, 0) is 11.6 Å². The number of carbonyl (C=O) groups excluding carboxylic acids is 3. The van der Waals surface area contributed by atoms with Crippen molar-refractivity contribution < 1.29 is 34.1 Å². The van der Waals surface area contributed by atoms with Gasteiger partial charge in [0, 0.05) is 6.08 Å². The summed E-state index contributed by atoms with van der Waals surface area (Å²) >= 11 is 0. The van der Waals surface area contributed by atoms with Crippen LogP contribution in [0.4, 0.5) is 0 Å². The molecule has 0 aromatic heterocycles. The molecule has 1 fully saturated rings. The van der Waals surface area contributed by atoms with E-state index in [1.165, 1.54) is 6.08 Å². The van der Waals surface area contributed by atoms with Gasteiger partial charge in [-0.25, -0.2) is 9.59 Å². The van der Waals surface area contributed by atoms with Gasteiger partial charge in [0.15, 0.2) is 6.10 Å². The van der Waals surface area contributed by atoms with E-state index in [9.17, 15) is 19.5 Å². The molecule has 1 saturated heterocycles. The number of ketones is 1. The molecule has 1 aromatic carbocycles. The van der Waals surface area contributed by atoms with E-state index in [-0.39, 0.29) is 0 Å². The van der Waals surface area contributed by atoms with E-state index in [0.29, 0.717) is 0 Å². The van der Waals surface area contributed by atoms with Gasteiger partial charge in [0.1, 0.15) is 6.10 Å². The highest BCUT2D eigenvalue weighted by atomic mass is 16.6. The molecule has 116 valence electrons. The third kappa shape index (κ3) is 3.57. The van der Waals surface area contributed by atoms with Gasteiger partial charge >= 0.3 is 11.9 Å². The molecule has 3 atom stereocenters. The molecular weight excluding hydrogens is 292 g/mol. The molecule has 0 bridgehead atoms. The van der Waals surface area contributed by atoms with Crippen molar-refractivity contribution in [2.45, 2.75) is 18.3 Å². The molecule has 1 aromatic rings. The van der Waals surface area contributed by atoms with Crippen molar-refractivity contribution in [3.8, 4) is 0 Å². The monoisotopic (exact) mass is 306 g/mol. The Balaban J connectivity index is 2.04. The van der Waals surface area contributed by atoms with Crippen molar-refractivity contribution in [2.75, 3.05) is 6.61 Å². The van der Waals surface area contributed by atoms with Crippen molar-refractivity contribution in [3.05, 3.63) is 42.0 Å². The van der Waals surface area contributed by atoms with Crippen LogP contribution in [0.3, 0.4) is 0 Å². The summed E-state index contributed by atoms with van der Waals surface area (Å²) in [6, 6.07) is 8.90. The molecular formula is C15H14O7. The Morgan fingerprint density at radius 3 is 2.64 bits per heavy atom. The molecule has 2 N–H and O–H groups in total. The largest absolute Gasteiger partial charge is 0.449 e. The summed E-state index contributed by atoms with van der Waals surface area (Å²) in [5, 5.41) is 18.4. The first kappa shape index (κ1) is 15.9. The lowest BCUT2D eigenvalue weighted by molar-refractivity contribution is -0.156. The van der Waals surface area contributed by atoms with E-state index in [1.54, 1.807) is 24.3 Å². The van der Waals surface area contributed by atoms with E-state index in [4.69, 9.17) is 9.84 Å². The Kier molecular flexibility index (Phi) is 5.03. The van der Waals surface area contributed by atoms with Crippen LogP contribution in [0.2, 0.25) is 0 Å². The van der Waals surface area contributed by atoms with Crippen LogP contribution in [-0.4, -0.2) is 52.9 Å². The minimum absolute atomic E-state index is 0.737. The van der Waals surface area contributed by atoms with Gasteiger partial charge < -0.3 is 19.7 Å². The molecule has 7 heteroatoms. The summed E-state index contributed by atoms with van der Waals surface area (Å²) in [6.45, 7) is -0.737. The molecule has 0 saturated carbocycles. The molecule has 1 aliphatic rings. The number of benzene rings is 1. The maximum absolute atomic E-state index is 11.7. The van der Waals surface area contributed by atoms with Crippen LogP contribution in [0, 0.1) is 0 Å². The maximum atomic E-state index is 11.7. The van der Waals surface area contributed by atoms with Crippen LogP contribution < -0.4 is 0 Å². The standard InChI is InChI=1S/C15H14O7/c16-8-10(17)13-14(12(19)15(20)22-13)21-11(18)7-6-9-4-2-1-3-5-9/h1-7,10,13-14,16-17H,8H2/t10-,13+,14?/m0/s1. The maximum Gasteiger partial charge on any atom is 0.379 e. The number of carbonyl (C=O) groups is 3. The highest BCUT2D eigenvalue weighted by molar-refractivity contribution is 6.37. The quantitative estimate of drug-likeness (QED) is 0.427. The minimum atomic E-state index is -1.57. The second kappa shape index (κ2) is 6.97. The average molecular weight is 306 g/mol. The zero-order valence-electron chi connectivity index (χ0n) is 11.4. The Labute approximate surface area is 125 Å². The predicted octanol–water partition coefficient (Wildman–Crippen LogP) is -0.541. The van der Waals surface area contributed by atoms with Gasteiger partial charge in [-0.2, -0.15) is 0 Å². The number of ether oxygens (including phenoxy) is 2. The summed E-state index contributed by atoms with van der Waals surface area (Å²) < 4.78 is 9.46. The van der Waals surface area contributed by atoms with Crippen LogP contribution in [0.15, 0.2) is 36.4 Å². The number of cyclic esters (lactones) is 1. The summed E-state index contributed by atoms with van der Waals surface area (Å²) in [5.41, 5.74) is 0.747. The van der Waals surface area contributed by atoms with Crippen molar-refractivity contribution in [2.24, 2.45) is 0 Å². The van der Waals surface area contributed by atoms with Crippen LogP contribution in [0.25, 0.3) is 6.08 Å². The number of rotatable bonds is 5. The Hall–Kier alpha value is -2.51. The van der Waals surface area contributed by atoms with Crippen LogP contribution in [0.5, 0.6) is 0 Å². The molecule has 22 heavy (non-hydrogen) atoms. The topological polar surface area (TPSA) is 110 Å². The molecule has 0 amide bonds. The number of hydrogen-bond donors (Lipinski definition) is 2. The van der Waals surface area contributed by atoms with Gasteiger partial charge in [-0.1, -0.05) is 30.3 Å². The van der Waals surface area contributed by atoms with Gasteiger partial charge in [0.25, 0.3) is 5.78 Å². The summed E-state index contributed by atoms with van der Waals surface area (Å²) in [6.07, 6.45) is -1.91. The number of aliphatic hydroxyl groups is 2. The summed E-state index contributed by atoms with van der Waals surface area (Å²) in [5.74, 6) is -3.14.